The second kappa shape index (κ2) is 17.2. The van der Waals surface area contributed by atoms with Crippen molar-refractivity contribution in [3.05, 3.63) is 0 Å². The van der Waals surface area contributed by atoms with Gasteiger partial charge in [-0.1, -0.05) is 0 Å². The molecule has 3 heterocycles. The summed E-state index contributed by atoms with van der Waals surface area (Å²) in [6.45, 7) is -0.312. The summed E-state index contributed by atoms with van der Waals surface area (Å²) in [7, 11) is 0. The van der Waals surface area contributed by atoms with Crippen LogP contribution in [0.15, 0.2) is 0 Å². The fourth-order valence-electron chi connectivity index (χ4n) is 5.24. The lowest BCUT2D eigenvalue weighted by Gasteiger charge is -2.41. The molecule has 254 valence electrons. The molecule has 0 radical (unpaired) electrons. The molecule has 15 atom stereocenters. The molecule has 3 aliphatic heterocycles. The van der Waals surface area contributed by atoms with Crippen LogP contribution in [-0.4, -0.2) is 217 Å². The molecule has 15 N–H and O–H groups in total. The molecule has 3 saturated heterocycles. The zero-order valence-corrected chi connectivity index (χ0v) is 23.6. The Morgan fingerprint density at radius 1 is 0.395 bits per heavy atom. The molecular weight excluding hydrogens is 584 g/mol. The van der Waals surface area contributed by atoms with E-state index in [4.69, 9.17) is 14.2 Å². The summed E-state index contributed by atoms with van der Waals surface area (Å²) in [5.41, 5.74) is 0. The van der Waals surface area contributed by atoms with E-state index in [1.54, 1.807) is 0 Å². The smallest absolute Gasteiger partial charge is 0.137 e. The molecule has 0 spiro atoms. The highest BCUT2D eigenvalue weighted by Crippen LogP contribution is 2.21. The highest BCUT2D eigenvalue weighted by Gasteiger charge is 2.45. The van der Waals surface area contributed by atoms with E-state index in [1.165, 1.54) is 0 Å². The van der Waals surface area contributed by atoms with Gasteiger partial charge in [0.05, 0.1) is 19.8 Å². The normalized spacial score (nSPS) is 44.2. The summed E-state index contributed by atoms with van der Waals surface area (Å²) < 4.78 is 16.4. The second-order valence-corrected chi connectivity index (χ2v) is 11.0. The molecule has 3 fully saturated rings. The largest absolute Gasteiger partial charge is 0.394 e. The molecule has 0 unspecified atom stereocenters. The van der Waals surface area contributed by atoms with Crippen molar-refractivity contribution >= 4 is 0 Å². The summed E-state index contributed by atoms with van der Waals surface area (Å²) in [5.74, 6) is 0. The SMILES string of the molecule is OC[C@H]1O[C@H](NCCN(CCN[C@H]2O[C@H](CO)[C@@H](O)[C@H](O)[C@@H]2O)CCN[C@H]2O[C@H](CO)[C@@H](O)[C@H](O)[C@@H]2O)[C@@H](O)[C@@H](O)[C@@H]1O. The quantitative estimate of drug-likeness (QED) is 0.0796. The van der Waals surface area contributed by atoms with Crippen LogP contribution in [-0.2, 0) is 14.2 Å². The molecule has 43 heavy (non-hydrogen) atoms. The van der Waals surface area contributed by atoms with Gasteiger partial charge in [-0.05, 0) is 0 Å². The predicted octanol–water partition coefficient (Wildman–Crippen LogP) is -9.54. The highest BCUT2D eigenvalue weighted by atomic mass is 16.6. The Bertz CT molecular complexity index is 704. The molecule has 0 amide bonds. The summed E-state index contributed by atoms with van der Waals surface area (Å²) in [6, 6.07) is 0. The molecule has 0 aromatic rings. The zero-order chi connectivity index (χ0) is 31.8. The van der Waals surface area contributed by atoms with Crippen LogP contribution in [0.1, 0.15) is 0 Å². The molecule has 3 rings (SSSR count). The van der Waals surface area contributed by atoms with E-state index in [-0.39, 0.29) is 19.6 Å². The first kappa shape index (κ1) is 36.7. The molecular formula is C24H48N4O15. The standard InChI is InChI=1S/C24H48N4O15/c29-7-10-13(32)16(35)19(38)22(41-10)25-1-4-28(5-2-26-23-20(39)17(36)14(33)11(8-30)42-23)6-3-27-24-21(40)18(37)15(34)12(9-31)43-24/h10-27,29-40H,1-9H2/t10-,11-,12-,13-,14-,15-,16+,17+,18+,19+,20+,21+,22+,23+,24+/m1/s1. The molecule has 19 nitrogen and oxygen atoms in total. The van der Waals surface area contributed by atoms with Crippen molar-refractivity contribution in [3.63, 3.8) is 0 Å². The zero-order valence-electron chi connectivity index (χ0n) is 23.6. The fraction of sp³-hybridized carbons (Fsp3) is 1.00. The third-order valence-electron chi connectivity index (χ3n) is 8.00. The number of rotatable bonds is 15. The van der Waals surface area contributed by atoms with Gasteiger partial charge in [-0.25, -0.2) is 0 Å². The van der Waals surface area contributed by atoms with Gasteiger partial charge in [-0.3, -0.25) is 20.9 Å². The Balaban J connectivity index is 1.56. The van der Waals surface area contributed by atoms with E-state index >= 15 is 0 Å². The van der Waals surface area contributed by atoms with Gasteiger partial charge in [-0.15, -0.1) is 0 Å². The van der Waals surface area contributed by atoms with Crippen LogP contribution in [0.5, 0.6) is 0 Å². The molecule has 0 aliphatic carbocycles. The Hall–Kier alpha value is -0.760. The van der Waals surface area contributed by atoms with Gasteiger partial charge in [0.15, 0.2) is 0 Å². The summed E-state index contributed by atoms with van der Waals surface area (Å²) in [6.07, 6.45) is -20.2. The predicted molar refractivity (Wildman–Crippen MR) is 142 cm³/mol. The number of aliphatic hydroxyl groups is 12. The van der Waals surface area contributed by atoms with Crippen molar-refractivity contribution in [2.45, 2.75) is 91.9 Å². The van der Waals surface area contributed by atoms with Gasteiger partial charge in [0.25, 0.3) is 0 Å². The van der Waals surface area contributed by atoms with Gasteiger partial charge in [0, 0.05) is 39.3 Å². The molecule has 0 bridgehead atoms. The number of hydrogen-bond donors (Lipinski definition) is 15. The van der Waals surface area contributed by atoms with Crippen LogP contribution >= 0.6 is 0 Å². The van der Waals surface area contributed by atoms with Crippen molar-refractivity contribution in [2.75, 3.05) is 59.1 Å². The maximum absolute atomic E-state index is 10.3. The van der Waals surface area contributed by atoms with Crippen LogP contribution in [0.3, 0.4) is 0 Å². The summed E-state index contributed by atoms with van der Waals surface area (Å²) >= 11 is 0. The molecule has 0 aromatic heterocycles. The van der Waals surface area contributed by atoms with Crippen molar-refractivity contribution in [1.82, 2.24) is 20.9 Å². The van der Waals surface area contributed by atoms with E-state index < -0.39 is 112 Å². The highest BCUT2D eigenvalue weighted by molar-refractivity contribution is 4.93. The van der Waals surface area contributed by atoms with Crippen LogP contribution in [0, 0.1) is 0 Å². The van der Waals surface area contributed by atoms with Gasteiger partial charge >= 0.3 is 0 Å². The Kier molecular flexibility index (Phi) is 14.7. The first-order chi connectivity index (χ1) is 20.4. The Morgan fingerprint density at radius 2 is 0.651 bits per heavy atom. The minimum Gasteiger partial charge on any atom is -0.394 e. The van der Waals surface area contributed by atoms with Gasteiger partial charge in [-0.2, -0.15) is 0 Å². The average Bonchev–Trinajstić information content (AvgIpc) is 3.00. The van der Waals surface area contributed by atoms with E-state index in [2.05, 4.69) is 16.0 Å². The molecule has 0 aromatic carbocycles. The summed E-state index contributed by atoms with van der Waals surface area (Å²) in [4.78, 5) is 1.87. The lowest BCUT2D eigenvalue weighted by atomic mass is 9.98. The molecule has 0 saturated carbocycles. The van der Waals surface area contributed by atoms with Gasteiger partial charge < -0.3 is 75.5 Å². The minimum absolute atomic E-state index is 0.183. The van der Waals surface area contributed by atoms with E-state index in [0.29, 0.717) is 19.6 Å². The van der Waals surface area contributed by atoms with Crippen molar-refractivity contribution in [3.8, 4) is 0 Å². The van der Waals surface area contributed by atoms with E-state index in [9.17, 15) is 61.3 Å². The lowest BCUT2D eigenvalue weighted by Crippen LogP contribution is -2.63. The third-order valence-corrected chi connectivity index (χ3v) is 8.00. The molecule has 19 heteroatoms. The number of hydrogen-bond acceptors (Lipinski definition) is 19. The second-order valence-electron chi connectivity index (χ2n) is 11.0. The van der Waals surface area contributed by atoms with Crippen molar-refractivity contribution in [2.24, 2.45) is 0 Å². The first-order valence-electron chi connectivity index (χ1n) is 14.3. The maximum Gasteiger partial charge on any atom is 0.137 e. The monoisotopic (exact) mass is 632 g/mol. The van der Waals surface area contributed by atoms with E-state index in [0.717, 1.165) is 0 Å². The summed E-state index contributed by atoms with van der Waals surface area (Å²) in [5, 5.41) is 128. The minimum atomic E-state index is -1.55. The fourth-order valence-corrected chi connectivity index (χ4v) is 5.24. The first-order valence-corrected chi connectivity index (χ1v) is 14.3. The van der Waals surface area contributed by atoms with Crippen LogP contribution < -0.4 is 16.0 Å². The molecule has 3 aliphatic rings. The third kappa shape index (κ3) is 9.16. The Morgan fingerprint density at radius 3 is 0.884 bits per heavy atom. The van der Waals surface area contributed by atoms with Gasteiger partial charge in [0.2, 0.25) is 0 Å². The van der Waals surface area contributed by atoms with E-state index in [1.807, 2.05) is 4.90 Å². The van der Waals surface area contributed by atoms with Crippen LogP contribution in [0.4, 0.5) is 0 Å². The van der Waals surface area contributed by atoms with Crippen LogP contribution in [0.2, 0.25) is 0 Å². The van der Waals surface area contributed by atoms with Gasteiger partial charge in [0.1, 0.15) is 91.9 Å². The number of nitrogens with zero attached hydrogens (tertiary/aromatic N) is 1. The number of ether oxygens (including phenoxy) is 3. The lowest BCUT2D eigenvalue weighted by molar-refractivity contribution is -0.237. The number of aliphatic hydroxyl groups excluding tert-OH is 12. The van der Waals surface area contributed by atoms with Crippen LogP contribution in [0.25, 0.3) is 0 Å². The Labute approximate surface area is 247 Å². The van der Waals surface area contributed by atoms with Crippen molar-refractivity contribution < 1.29 is 75.5 Å². The number of nitrogens with one attached hydrogen (secondary N) is 3. The average molecular weight is 633 g/mol. The maximum atomic E-state index is 10.3. The topological polar surface area (TPSA) is 310 Å². The van der Waals surface area contributed by atoms with Crippen molar-refractivity contribution in [1.29, 1.82) is 0 Å².